The zero-order chi connectivity index (χ0) is 15.4. The number of hydrogen-bond acceptors (Lipinski definition) is 5. The Bertz CT molecular complexity index is 673. The molecule has 3 N–H and O–H groups in total. The molecule has 0 spiro atoms. The zero-order valence-corrected chi connectivity index (χ0v) is 12.1. The van der Waals surface area contributed by atoms with Gasteiger partial charge in [-0.3, -0.25) is 0 Å². The third-order valence-corrected chi connectivity index (χ3v) is 3.05. The van der Waals surface area contributed by atoms with Crippen molar-refractivity contribution in [1.29, 1.82) is 0 Å². The topological polar surface area (TPSA) is 81.8 Å². The molecular weight excluding hydrogens is 294 g/mol. The van der Waals surface area contributed by atoms with Crippen molar-refractivity contribution >= 4 is 23.3 Å². The average molecular weight is 308 g/mol. The van der Waals surface area contributed by atoms with E-state index in [2.05, 4.69) is 0 Å². The number of nitrogen functional groups attached to an aromatic ring is 1. The Morgan fingerprint density at radius 3 is 2.76 bits per heavy atom. The van der Waals surface area contributed by atoms with Gasteiger partial charge in [-0.05, 0) is 29.8 Å². The summed E-state index contributed by atoms with van der Waals surface area (Å²) in [4.78, 5) is 11.8. The van der Waals surface area contributed by atoms with Crippen LogP contribution in [0, 0.1) is 0 Å². The molecule has 0 amide bonds. The Kier molecular flexibility index (Phi) is 4.67. The van der Waals surface area contributed by atoms with Crippen molar-refractivity contribution in [2.24, 2.45) is 0 Å². The van der Waals surface area contributed by atoms with Gasteiger partial charge in [0.15, 0.2) is 5.75 Å². The normalized spacial score (nSPS) is 10.2. The van der Waals surface area contributed by atoms with Gasteiger partial charge in [-0.15, -0.1) is 0 Å². The number of carbonyl (C=O) groups excluding carboxylic acids is 1. The molecule has 0 unspecified atom stereocenters. The average Bonchev–Trinajstić information content (AvgIpc) is 2.49. The number of aliphatic hydroxyl groups excluding tert-OH is 1. The molecule has 110 valence electrons. The lowest BCUT2D eigenvalue weighted by Gasteiger charge is -2.13. The van der Waals surface area contributed by atoms with E-state index in [-0.39, 0.29) is 22.9 Å². The van der Waals surface area contributed by atoms with E-state index in [1.54, 1.807) is 24.3 Å². The Hall–Kier alpha value is -2.24. The van der Waals surface area contributed by atoms with E-state index in [1.807, 2.05) is 0 Å². The smallest absolute Gasteiger partial charge is 0.341 e. The van der Waals surface area contributed by atoms with Crippen LogP contribution in [-0.4, -0.2) is 18.2 Å². The largest absolute Gasteiger partial charge is 0.465 e. The van der Waals surface area contributed by atoms with Crippen molar-refractivity contribution in [1.82, 2.24) is 0 Å². The number of ether oxygens (including phenoxy) is 2. The molecule has 2 aromatic carbocycles. The number of halogens is 1. The quantitative estimate of drug-likeness (QED) is 0.670. The van der Waals surface area contributed by atoms with Gasteiger partial charge in [-0.25, -0.2) is 4.79 Å². The summed E-state index contributed by atoms with van der Waals surface area (Å²) >= 11 is 6.10. The first kappa shape index (κ1) is 15.2. The van der Waals surface area contributed by atoms with Crippen LogP contribution in [0.4, 0.5) is 5.69 Å². The Labute approximate surface area is 126 Å². The lowest BCUT2D eigenvalue weighted by molar-refractivity contribution is 0.0598. The van der Waals surface area contributed by atoms with Crippen LogP contribution in [-0.2, 0) is 11.3 Å². The Balaban J connectivity index is 2.45. The molecule has 0 aliphatic rings. The minimum atomic E-state index is -0.600. The predicted molar refractivity (Wildman–Crippen MR) is 79.6 cm³/mol. The van der Waals surface area contributed by atoms with Crippen molar-refractivity contribution in [2.75, 3.05) is 12.8 Å². The monoisotopic (exact) mass is 307 g/mol. The fraction of sp³-hybridized carbons (Fsp3) is 0.133. The van der Waals surface area contributed by atoms with Gasteiger partial charge in [-0.2, -0.15) is 0 Å². The first-order chi connectivity index (χ1) is 10.0. The molecule has 0 saturated carbocycles. The molecule has 0 aromatic heterocycles. The summed E-state index contributed by atoms with van der Waals surface area (Å²) in [6.07, 6.45) is 0. The number of aliphatic hydroxyl groups is 1. The number of esters is 1. The van der Waals surface area contributed by atoms with Crippen LogP contribution in [0.3, 0.4) is 0 Å². The molecule has 2 rings (SSSR count). The molecule has 0 radical (unpaired) electrons. The lowest BCUT2D eigenvalue weighted by atomic mass is 10.1. The van der Waals surface area contributed by atoms with Gasteiger partial charge in [0.2, 0.25) is 0 Å². The second kappa shape index (κ2) is 6.47. The zero-order valence-electron chi connectivity index (χ0n) is 11.3. The van der Waals surface area contributed by atoms with Crippen molar-refractivity contribution in [3.63, 3.8) is 0 Å². The van der Waals surface area contributed by atoms with Crippen LogP contribution < -0.4 is 10.5 Å². The highest BCUT2D eigenvalue weighted by atomic mass is 35.5. The summed E-state index contributed by atoms with van der Waals surface area (Å²) in [5.74, 6) is 0.00342. The molecule has 21 heavy (non-hydrogen) atoms. The maximum atomic E-state index is 11.8. The number of rotatable bonds is 4. The summed E-state index contributed by atoms with van der Waals surface area (Å²) in [5.41, 5.74) is 6.82. The molecule has 0 fully saturated rings. The molecule has 0 bridgehead atoms. The van der Waals surface area contributed by atoms with Crippen molar-refractivity contribution in [3.8, 4) is 11.5 Å². The molecule has 0 aliphatic carbocycles. The summed E-state index contributed by atoms with van der Waals surface area (Å²) in [6.45, 7) is -0.115. The van der Waals surface area contributed by atoms with E-state index in [9.17, 15) is 4.79 Å². The van der Waals surface area contributed by atoms with Crippen molar-refractivity contribution in [2.45, 2.75) is 6.61 Å². The fourth-order valence-corrected chi connectivity index (χ4v) is 2.07. The first-order valence-electron chi connectivity index (χ1n) is 6.10. The maximum absolute atomic E-state index is 11.8. The van der Waals surface area contributed by atoms with Gasteiger partial charge in [0.25, 0.3) is 0 Å². The van der Waals surface area contributed by atoms with Gasteiger partial charge in [-0.1, -0.05) is 23.7 Å². The number of hydrogen-bond donors (Lipinski definition) is 2. The van der Waals surface area contributed by atoms with Crippen molar-refractivity contribution < 1.29 is 19.4 Å². The SMILES string of the molecule is COC(=O)c1cc(N)cc(Cl)c1Oc1cccc(CO)c1. The summed E-state index contributed by atoms with van der Waals surface area (Å²) < 4.78 is 10.4. The molecular formula is C15H14ClNO4. The Morgan fingerprint density at radius 2 is 2.10 bits per heavy atom. The van der Waals surface area contributed by atoms with E-state index in [4.69, 9.17) is 31.9 Å². The molecule has 0 heterocycles. The number of methoxy groups -OCH3 is 1. The van der Waals surface area contributed by atoms with Gasteiger partial charge in [0, 0.05) is 5.69 Å². The third-order valence-electron chi connectivity index (χ3n) is 2.77. The summed E-state index contributed by atoms with van der Waals surface area (Å²) in [5, 5.41) is 9.33. The van der Waals surface area contributed by atoms with Gasteiger partial charge >= 0.3 is 5.97 Å². The molecule has 5 nitrogen and oxygen atoms in total. The van der Waals surface area contributed by atoms with Crippen LogP contribution in [0.25, 0.3) is 0 Å². The standard InChI is InChI=1S/C15H14ClNO4/c1-20-15(19)12-6-10(17)7-13(16)14(12)21-11-4-2-3-9(5-11)8-18/h2-7,18H,8,17H2,1H3. The summed E-state index contributed by atoms with van der Waals surface area (Å²) in [7, 11) is 1.26. The van der Waals surface area contributed by atoms with Gasteiger partial charge in [0.05, 0.1) is 18.7 Å². The molecule has 0 atom stereocenters. The second-order valence-corrected chi connectivity index (χ2v) is 4.69. The number of carbonyl (C=O) groups is 1. The first-order valence-corrected chi connectivity index (χ1v) is 6.48. The number of anilines is 1. The van der Waals surface area contributed by atoms with Crippen LogP contribution in [0.2, 0.25) is 5.02 Å². The van der Waals surface area contributed by atoms with Gasteiger partial charge < -0.3 is 20.3 Å². The van der Waals surface area contributed by atoms with E-state index in [0.29, 0.717) is 17.0 Å². The number of benzene rings is 2. The van der Waals surface area contributed by atoms with E-state index < -0.39 is 5.97 Å². The Morgan fingerprint density at radius 1 is 1.33 bits per heavy atom. The summed E-state index contributed by atoms with van der Waals surface area (Å²) in [6, 6.07) is 9.73. The van der Waals surface area contributed by atoms with E-state index in [0.717, 1.165) is 0 Å². The number of nitrogens with two attached hydrogens (primary N) is 1. The minimum Gasteiger partial charge on any atom is -0.465 e. The van der Waals surface area contributed by atoms with Gasteiger partial charge in [0.1, 0.15) is 11.3 Å². The van der Waals surface area contributed by atoms with Crippen LogP contribution >= 0.6 is 11.6 Å². The highest BCUT2D eigenvalue weighted by Crippen LogP contribution is 2.35. The van der Waals surface area contributed by atoms with E-state index in [1.165, 1.54) is 19.2 Å². The third kappa shape index (κ3) is 3.45. The van der Waals surface area contributed by atoms with Crippen molar-refractivity contribution in [3.05, 3.63) is 52.5 Å². The van der Waals surface area contributed by atoms with Crippen LogP contribution in [0.5, 0.6) is 11.5 Å². The molecule has 2 aromatic rings. The molecule has 6 heteroatoms. The highest BCUT2D eigenvalue weighted by molar-refractivity contribution is 6.33. The fourth-order valence-electron chi connectivity index (χ4n) is 1.80. The van der Waals surface area contributed by atoms with Crippen LogP contribution in [0.15, 0.2) is 36.4 Å². The predicted octanol–water partition coefficient (Wildman–Crippen LogP) is 2.99. The maximum Gasteiger partial charge on any atom is 0.341 e. The molecule has 0 aliphatic heterocycles. The van der Waals surface area contributed by atoms with E-state index >= 15 is 0 Å². The van der Waals surface area contributed by atoms with Crippen LogP contribution in [0.1, 0.15) is 15.9 Å². The molecule has 0 saturated heterocycles. The lowest BCUT2D eigenvalue weighted by Crippen LogP contribution is -2.05. The second-order valence-electron chi connectivity index (χ2n) is 4.28. The highest BCUT2D eigenvalue weighted by Gasteiger charge is 2.18. The minimum absolute atomic E-state index is 0.115.